The van der Waals surface area contributed by atoms with Gasteiger partial charge in [0.1, 0.15) is 6.10 Å². The summed E-state index contributed by atoms with van der Waals surface area (Å²) in [6.45, 7) is 5.21. The molecule has 0 bridgehead atoms. The highest BCUT2D eigenvalue weighted by Crippen LogP contribution is 2.15. The highest BCUT2D eigenvalue weighted by molar-refractivity contribution is 6.00. The third-order valence-electron chi connectivity index (χ3n) is 4.82. The summed E-state index contributed by atoms with van der Waals surface area (Å²) < 4.78 is 5.31. The number of benzene rings is 2. The van der Waals surface area contributed by atoms with Gasteiger partial charge in [0.05, 0.1) is 0 Å². The van der Waals surface area contributed by atoms with E-state index < -0.39 is 0 Å². The number of ether oxygens (including phenoxy) is 1. The van der Waals surface area contributed by atoms with Crippen molar-refractivity contribution in [1.82, 2.24) is 10.6 Å². The zero-order valence-electron chi connectivity index (χ0n) is 17.8. The number of urea groups is 1. The Kier molecular flexibility index (Phi) is 7.61. The maximum atomic E-state index is 12.2. The predicted octanol–water partition coefficient (Wildman–Crippen LogP) is 2.97. The monoisotopic (exact) mass is 424 g/mol. The quantitative estimate of drug-likeness (QED) is 0.513. The highest BCUT2D eigenvalue weighted by atomic mass is 16.5. The van der Waals surface area contributed by atoms with E-state index >= 15 is 0 Å². The molecule has 0 saturated carbocycles. The van der Waals surface area contributed by atoms with Gasteiger partial charge in [-0.05, 0) is 74.2 Å². The van der Waals surface area contributed by atoms with Crippen molar-refractivity contribution in [3.63, 3.8) is 0 Å². The lowest BCUT2D eigenvalue weighted by atomic mass is 10.1. The third-order valence-corrected chi connectivity index (χ3v) is 4.82. The van der Waals surface area contributed by atoms with Gasteiger partial charge in [0, 0.05) is 36.6 Å². The molecule has 3 rings (SSSR count). The van der Waals surface area contributed by atoms with E-state index in [1.807, 2.05) is 32.0 Å². The first-order valence-corrected chi connectivity index (χ1v) is 10.3. The summed E-state index contributed by atoms with van der Waals surface area (Å²) in [5.41, 5.74) is 3.89. The number of nitrogens with one attached hydrogen (secondary N) is 4. The Morgan fingerprint density at radius 2 is 1.55 bits per heavy atom. The molecule has 1 unspecified atom stereocenters. The van der Waals surface area contributed by atoms with Crippen molar-refractivity contribution >= 4 is 29.2 Å². The lowest BCUT2D eigenvalue weighted by Crippen LogP contribution is -2.39. The van der Waals surface area contributed by atoms with Crippen LogP contribution in [-0.2, 0) is 9.53 Å². The molecule has 4 N–H and O–H groups in total. The number of carbonyl (C=O) groups excluding carboxylic acids is 3. The third kappa shape index (κ3) is 6.82. The highest BCUT2D eigenvalue weighted by Gasteiger charge is 2.22. The standard InChI is InChI=1S/C23H28N4O4/c1-15-12-16(2)14-19(13-15)27-23(30)26-18-7-5-17(6-8-18)21(28)24-9-10-25-22(29)20-4-3-11-31-20/h5-8,12-14,20H,3-4,9-11H2,1-2H3,(H,24,28)(H,25,29)(H2,26,27,30). The SMILES string of the molecule is Cc1cc(C)cc(NC(=O)Nc2ccc(C(=O)NCCNC(=O)C3CCCO3)cc2)c1. The van der Waals surface area contributed by atoms with Crippen LogP contribution in [0.1, 0.15) is 34.3 Å². The van der Waals surface area contributed by atoms with E-state index in [0.717, 1.165) is 29.7 Å². The van der Waals surface area contributed by atoms with Gasteiger partial charge in [-0.1, -0.05) is 6.07 Å². The molecule has 1 fully saturated rings. The summed E-state index contributed by atoms with van der Waals surface area (Å²) >= 11 is 0. The zero-order chi connectivity index (χ0) is 22.2. The van der Waals surface area contributed by atoms with Crippen molar-refractivity contribution < 1.29 is 19.1 Å². The molecule has 0 radical (unpaired) electrons. The van der Waals surface area contributed by atoms with Crippen molar-refractivity contribution in [2.24, 2.45) is 0 Å². The maximum Gasteiger partial charge on any atom is 0.323 e. The molecule has 1 aliphatic heterocycles. The first kappa shape index (κ1) is 22.3. The van der Waals surface area contributed by atoms with E-state index in [1.54, 1.807) is 24.3 Å². The number of carbonyl (C=O) groups is 3. The van der Waals surface area contributed by atoms with Crippen molar-refractivity contribution in [2.45, 2.75) is 32.8 Å². The van der Waals surface area contributed by atoms with Crippen LogP contribution in [0.4, 0.5) is 16.2 Å². The van der Waals surface area contributed by atoms with Crippen molar-refractivity contribution in [3.8, 4) is 0 Å². The van der Waals surface area contributed by atoms with E-state index in [-0.39, 0.29) is 23.9 Å². The van der Waals surface area contributed by atoms with Crippen LogP contribution in [0, 0.1) is 13.8 Å². The average Bonchev–Trinajstić information content (AvgIpc) is 3.25. The van der Waals surface area contributed by atoms with Gasteiger partial charge in [-0.25, -0.2) is 4.79 Å². The molecule has 164 valence electrons. The summed E-state index contributed by atoms with van der Waals surface area (Å²) in [4.78, 5) is 36.3. The molecule has 0 aromatic heterocycles. The number of anilines is 2. The first-order valence-electron chi connectivity index (χ1n) is 10.3. The summed E-state index contributed by atoms with van der Waals surface area (Å²) in [6.07, 6.45) is 1.26. The molecule has 8 nitrogen and oxygen atoms in total. The van der Waals surface area contributed by atoms with Crippen molar-refractivity contribution in [3.05, 3.63) is 59.2 Å². The molecule has 31 heavy (non-hydrogen) atoms. The van der Waals surface area contributed by atoms with Crippen molar-refractivity contribution in [2.75, 3.05) is 30.3 Å². The van der Waals surface area contributed by atoms with Crippen LogP contribution in [0.3, 0.4) is 0 Å². The normalized spacial score (nSPS) is 15.2. The van der Waals surface area contributed by atoms with Gasteiger partial charge in [0.2, 0.25) is 5.91 Å². The van der Waals surface area contributed by atoms with E-state index in [4.69, 9.17) is 4.74 Å². The first-order chi connectivity index (χ1) is 14.9. The lowest BCUT2D eigenvalue weighted by molar-refractivity contribution is -0.129. The second kappa shape index (κ2) is 10.6. The Balaban J connectivity index is 1.41. The van der Waals surface area contributed by atoms with Gasteiger partial charge < -0.3 is 26.0 Å². The number of amides is 4. The minimum atomic E-state index is -0.372. The van der Waals surface area contributed by atoms with Crippen LogP contribution in [0.2, 0.25) is 0 Å². The average molecular weight is 425 g/mol. The van der Waals surface area contributed by atoms with Gasteiger partial charge in [0.25, 0.3) is 5.91 Å². The second-order valence-electron chi connectivity index (χ2n) is 7.58. The van der Waals surface area contributed by atoms with Crippen molar-refractivity contribution in [1.29, 1.82) is 0 Å². The van der Waals surface area contributed by atoms with Crippen LogP contribution in [-0.4, -0.2) is 43.6 Å². The summed E-state index contributed by atoms with van der Waals surface area (Å²) in [6, 6.07) is 12.0. The van der Waals surface area contributed by atoms with Gasteiger partial charge in [-0.15, -0.1) is 0 Å². The largest absolute Gasteiger partial charge is 0.368 e. The number of hydrogen-bond acceptors (Lipinski definition) is 4. The Bertz CT molecular complexity index is 917. The topological polar surface area (TPSA) is 109 Å². The molecule has 4 amide bonds. The molecule has 8 heteroatoms. The van der Waals surface area contributed by atoms with E-state index in [9.17, 15) is 14.4 Å². The minimum Gasteiger partial charge on any atom is -0.368 e. The fourth-order valence-electron chi connectivity index (χ4n) is 3.41. The molecule has 0 aliphatic carbocycles. The Labute approximate surface area is 181 Å². The fourth-order valence-corrected chi connectivity index (χ4v) is 3.41. The number of aryl methyl sites for hydroxylation is 2. The molecule has 1 heterocycles. The number of rotatable bonds is 7. The molecule has 2 aromatic carbocycles. The number of hydrogen-bond donors (Lipinski definition) is 4. The smallest absolute Gasteiger partial charge is 0.323 e. The molecule has 1 saturated heterocycles. The van der Waals surface area contributed by atoms with Crippen LogP contribution in [0.15, 0.2) is 42.5 Å². The second-order valence-corrected chi connectivity index (χ2v) is 7.58. The van der Waals surface area contributed by atoms with E-state index in [1.165, 1.54) is 0 Å². The maximum absolute atomic E-state index is 12.2. The Morgan fingerprint density at radius 3 is 2.19 bits per heavy atom. The molecular weight excluding hydrogens is 396 g/mol. The summed E-state index contributed by atoms with van der Waals surface area (Å²) in [5, 5.41) is 11.1. The molecule has 1 aliphatic rings. The molecular formula is C23H28N4O4. The Hall–Kier alpha value is -3.39. The van der Waals surface area contributed by atoms with Crippen LogP contribution in [0.5, 0.6) is 0 Å². The summed E-state index contributed by atoms with van der Waals surface area (Å²) in [5.74, 6) is -0.390. The fraction of sp³-hybridized carbons (Fsp3) is 0.348. The van der Waals surface area contributed by atoms with E-state index in [0.29, 0.717) is 30.9 Å². The van der Waals surface area contributed by atoms with Gasteiger partial charge >= 0.3 is 6.03 Å². The minimum absolute atomic E-state index is 0.138. The van der Waals surface area contributed by atoms with E-state index in [2.05, 4.69) is 21.3 Å². The zero-order valence-corrected chi connectivity index (χ0v) is 17.8. The molecule has 2 aromatic rings. The van der Waals surface area contributed by atoms with Crippen LogP contribution >= 0.6 is 0 Å². The van der Waals surface area contributed by atoms with Crippen LogP contribution in [0.25, 0.3) is 0 Å². The van der Waals surface area contributed by atoms with Gasteiger partial charge in [-0.3, -0.25) is 9.59 Å². The van der Waals surface area contributed by atoms with Gasteiger partial charge in [0.15, 0.2) is 0 Å². The predicted molar refractivity (Wildman–Crippen MR) is 119 cm³/mol. The summed E-state index contributed by atoms with van der Waals surface area (Å²) in [7, 11) is 0. The Morgan fingerprint density at radius 1 is 0.903 bits per heavy atom. The van der Waals surface area contributed by atoms with Gasteiger partial charge in [-0.2, -0.15) is 0 Å². The molecule has 0 spiro atoms. The van der Waals surface area contributed by atoms with Crippen LogP contribution < -0.4 is 21.3 Å². The lowest BCUT2D eigenvalue weighted by Gasteiger charge is -2.11. The molecule has 1 atom stereocenters.